The molecule has 0 bridgehead atoms. The minimum atomic E-state index is -1.21. The molecule has 170 valence electrons. The Morgan fingerprint density at radius 3 is 2.25 bits per heavy atom. The molecule has 1 amide bonds. The molecule has 3 rings (SSSR count). The molecule has 0 unspecified atom stereocenters. The van der Waals surface area contributed by atoms with Gasteiger partial charge in [-0.3, -0.25) is 4.79 Å². The Hall–Kier alpha value is -2.83. The number of rotatable bonds is 10. The van der Waals surface area contributed by atoms with Crippen molar-refractivity contribution in [2.24, 2.45) is 0 Å². The van der Waals surface area contributed by atoms with Gasteiger partial charge in [0, 0.05) is 27.8 Å². The topological polar surface area (TPSA) is 52.5 Å². The van der Waals surface area contributed by atoms with E-state index >= 15 is 0 Å². The minimum absolute atomic E-state index is 0.198. The number of ether oxygens (including phenoxy) is 2. The zero-order valence-corrected chi connectivity index (χ0v) is 20.7. The molecule has 2 aromatic carbocycles. The summed E-state index contributed by atoms with van der Waals surface area (Å²) in [5.74, 6) is 0.351. The zero-order chi connectivity index (χ0) is 23.1. The SMILES string of the molecule is CNC(=O)c1c(O[C@@H](C)c2ccccc2)cc(-c2ccccc2)n1COCC[Si](C)(C)C. The van der Waals surface area contributed by atoms with Crippen LogP contribution in [0.5, 0.6) is 5.75 Å². The van der Waals surface area contributed by atoms with E-state index in [1.165, 1.54) is 0 Å². The summed E-state index contributed by atoms with van der Waals surface area (Å²) in [4.78, 5) is 12.9. The molecule has 0 aliphatic heterocycles. The molecule has 1 aromatic heterocycles. The third-order valence-electron chi connectivity index (χ3n) is 5.36. The lowest BCUT2D eigenvalue weighted by Crippen LogP contribution is -2.25. The van der Waals surface area contributed by atoms with Gasteiger partial charge < -0.3 is 19.4 Å². The second-order valence-electron chi connectivity index (χ2n) is 9.13. The highest BCUT2D eigenvalue weighted by Gasteiger charge is 2.24. The number of nitrogens with zero attached hydrogens (tertiary/aromatic N) is 1. The normalized spacial score (nSPS) is 12.4. The standard InChI is InChI=1S/C26H34N2O3Si/c1-20(21-12-8-6-9-13-21)31-24-18-23(22-14-10-7-11-15-22)28(25(24)26(29)27-2)19-30-16-17-32(3,4)5/h6-15,18,20H,16-17,19H2,1-5H3,(H,27,29)/t20-/m0/s1. The molecule has 1 N–H and O–H groups in total. The number of amides is 1. The van der Waals surface area contributed by atoms with E-state index in [4.69, 9.17) is 9.47 Å². The van der Waals surface area contributed by atoms with Gasteiger partial charge in [-0.2, -0.15) is 0 Å². The molecule has 32 heavy (non-hydrogen) atoms. The van der Waals surface area contributed by atoms with Crippen LogP contribution in [0.15, 0.2) is 66.7 Å². The molecular weight excluding hydrogens is 416 g/mol. The van der Waals surface area contributed by atoms with E-state index in [9.17, 15) is 4.79 Å². The molecule has 0 spiro atoms. The Morgan fingerprint density at radius 2 is 1.66 bits per heavy atom. The summed E-state index contributed by atoms with van der Waals surface area (Å²) in [5, 5.41) is 2.77. The monoisotopic (exact) mass is 450 g/mol. The van der Waals surface area contributed by atoms with Crippen molar-refractivity contribution in [2.45, 2.75) is 45.4 Å². The summed E-state index contributed by atoms with van der Waals surface area (Å²) in [5.41, 5.74) is 3.43. The molecule has 1 heterocycles. The van der Waals surface area contributed by atoms with Crippen LogP contribution < -0.4 is 10.1 Å². The first-order valence-electron chi connectivity index (χ1n) is 11.1. The fourth-order valence-corrected chi connectivity index (χ4v) is 4.22. The fraction of sp³-hybridized carbons (Fsp3) is 0.346. The van der Waals surface area contributed by atoms with E-state index in [1.54, 1.807) is 7.05 Å². The van der Waals surface area contributed by atoms with Crippen molar-refractivity contribution in [3.63, 3.8) is 0 Å². The Morgan fingerprint density at radius 1 is 1.03 bits per heavy atom. The quantitative estimate of drug-likeness (QED) is 0.306. The number of hydrogen-bond donors (Lipinski definition) is 1. The third kappa shape index (κ3) is 6.11. The number of carbonyl (C=O) groups excluding carboxylic acids is 1. The molecule has 0 aliphatic rings. The molecule has 0 saturated heterocycles. The molecule has 0 radical (unpaired) electrons. The van der Waals surface area contributed by atoms with Crippen LogP contribution in [0.2, 0.25) is 25.7 Å². The molecule has 0 saturated carbocycles. The van der Waals surface area contributed by atoms with Gasteiger partial charge in [-0.05, 0) is 24.1 Å². The summed E-state index contributed by atoms with van der Waals surface area (Å²) in [6, 6.07) is 23.1. The van der Waals surface area contributed by atoms with Crippen molar-refractivity contribution in [1.82, 2.24) is 9.88 Å². The van der Waals surface area contributed by atoms with Gasteiger partial charge in [-0.1, -0.05) is 80.3 Å². The van der Waals surface area contributed by atoms with E-state index in [0.717, 1.165) is 22.9 Å². The van der Waals surface area contributed by atoms with Gasteiger partial charge in [-0.25, -0.2) is 0 Å². The van der Waals surface area contributed by atoms with Crippen LogP contribution in [-0.2, 0) is 11.5 Å². The molecule has 3 aromatic rings. The van der Waals surface area contributed by atoms with Crippen molar-refractivity contribution in [1.29, 1.82) is 0 Å². The van der Waals surface area contributed by atoms with Crippen LogP contribution in [0.1, 0.15) is 29.1 Å². The Labute approximate surface area is 192 Å². The fourth-order valence-electron chi connectivity index (χ4n) is 3.47. The lowest BCUT2D eigenvalue weighted by Gasteiger charge is -2.18. The third-order valence-corrected chi connectivity index (χ3v) is 7.07. The van der Waals surface area contributed by atoms with Gasteiger partial charge in [-0.15, -0.1) is 0 Å². The zero-order valence-electron chi connectivity index (χ0n) is 19.7. The maximum atomic E-state index is 12.9. The number of carbonyl (C=O) groups is 1. The van der Waals surface area contributed by atoms with Gasteiger partial charge >= 0.3 is 0 Å². The smallest absolute Gasteiger partial charge is 0.271 e. The maximum Gasteiger partial charge on any atom is 0.271 e. The Bertz CT molecular complexity index is 1010. The van der Waals surface area contributed by atoms with Gasteiger partial charge in [0.1, 0.15) is 12.8 Å². The number of hydrogen-bond acceptors (Lipinski definition) is 3. The van der Waals surface area contributed by atoms with E-state index in [-0.39, 0.29) is 12.0 Å². The average molecular weight is 451 g/mol. The van der Waals surface area contributed by atoms with E-state index in [0.29, 0.717) is 24.8 Å². The van der Waals surface area contributed by atoms with Crippen molar-refractivity contribution >= 4 is 14.0 Å². The maximum absolute atomic E-state index is 12.9. The van der Waals surface area contributed by atoms with E-state index < -0.39 is 8.07 Å². The highest BCUT2D eigenvalue weighted by Crippen LogP contribution is 2.34. The van der Waals surface area contributed by atoms with Crippen LogP contribution in [0.3, 0.4) is 0 Å². The largest absolute Gasteiger partial charge is 0.484 e. The number of benzene rings is 2. The number of aromatic nitrogens is 1. The summed E-state index contributed by atoms with van der Waals surface area (Å²) in [6.45, 7) is 9.94. The van der Waals surface area contributed by atoms with Crippen LogP contribution in [-0.4, -0.2) is 32.2 Å². The first-order chi connectivity index (χ1) is 15.3. The van der Waals surface area contributed by atoms with Crippen LogP contribution in [0, 0.1) is 0 Å². The molecule has 0 fully saturated rings. The van der Waals surface area contributed by atoms with Crippen molar-refractivity contribution in [3.05, 3.63) is 78.0 Å². The van der Waals surface area contributed by atoms with Gasteiger partial charge in [0.15, 0.2) is 11.4 Å². The molecule has 5 nitrogen and oxygen atoms in total. The summed E-state index contributed by atoms with van der Waals surface area (Å²) >= 11 is 0. The predicted octanol–water partition coefficient (Wildman–Crippen LogP) is 5.97. The van der Waals surface area contributed by atoms with Gasteiger partial charge in [0.2, 0.25) is 0 Å². The second-order valence-corrected chi connectivity index (χ2v) is 14.8. The Kier molecular flexibility index (Phi) is 7.93. The van der Waals surface area contributed by atoms with E-state index in [1.807, 2.05) is 78.2 Å². The van der Waals surface area contributed by atoms with Gasteiger partial charge in [0.05, 0.1) is 5.69 Å². The summed E-state index contributed by atoms with van der Waals surface area (Å²) in [6.07, 6.45) is -0.202. The minimum Gasteiger partial charge on any atom is -0.484 e. The van der Waals surface area contributed by atoms with Crippen LogP contribution >= 0.6 is 0 Å². The number of nitrogens with one attached hydrogen (secondary N) is 1. The first-order valence-corrected chi connectivity index (χ1v) is 14.8. The summed E-state index contributed by atoms with van der Waals surface area (Å²) in [7, 11) is 0.430. The molecule has 0 aliphatic carbocycles. The molecule has 1 atom stereocenters. The second kappa shape index (κ2) is 10.7. The van der Waals surface area contributed by atoms with Crippen LogP contribution in [0.4, 0.5) is 0 Å². The highest BCUT2D eigenvalue weighted by molar-refractivity contribution is 6.76. The van der Waals surface area contributed by atoms with E-state index in [2.05, 4.69) is 25.0 Å². The molecule has 6 heteroatoms. The van der Waals surface area contributed by atoms with Gasteiger partial charge in [0.25, 0.3) is 5.91 Å². The van der Waals surface area contributed by atoms with Crippen molar-refractivity contribution < 1.29 is 14.3 Å². The first kappa shape index (κ1) is 23.8. The lowest BCUT2D eigenvalue weighted by molar-refractivity contribution is 0.0792. The lowest BCUT2D eigenvalue weighted by atomic mass is 10.1. The van der Waals surface area contributed by atoms with Crippen LogP contribution in [0.25, 0.3) is 11.3 Å². The van der Waals surface area contributed by atoms with Crippen molar-refractivity contribution in [2.75, 3.05) is 13.7 Å². The van der Waals surface area contributed by atoms with Crippen molar-refractivity contribution in [3.8, 4) is 17.0 Å². The molecular formula is C26H34N2O3Si. The predicted molar refractivity (Wildman–Crippen MR) is 133 cm³/mol. The highest BCUT2D eigenvalue weighted by atomic mass is 28.3. The summed E-state index contributed by atoms with van der Waals surface area (Å²) < 4.78 is 14.3. The average Bonchev–Trinajstić information content (AvgIpc) is 3.14. The Balaban J connectivity index is 1.98.